The van der Waals surface area contributed by atoms with Gasteiger partial charge in [0.25, 0.3) is 0 Å². The van der Waals surface area contributed by atoms with E-state index in [1.165, 1.54) is 11.1 Å². The quantitative estimate of drug-likeness (QED) is 0.528. The Morgan fingerprint density at radius 1 is 1.20 bits per heavy atom. The van der Waals surface area contributed by atoms with Crippen LogP contribution in [-0.2, 0) is 17.6 Å². The van der Waals surface area contributed by atoms with Crippen molar-refractivity contribution in [2.45, 2.75) is 33.1 Å². The number of hydrogen-bond donors (Lipinski definition) is 0. The van der Waals surface area contributed by atoms with E-state index in [0.717, 1.165) is 31.1 Å². The van der Waals surface area contributed by atoms with Gasteiger partial charge < -0.3 is 0 Å². The SMILES string of the molecule is CC/C(C=O)=C\Cc1ccccc1CC. The molecule has 1 aromatic rings. The van der Waals surface area contributed by atoms with Crippen LogP contribution in [0.25, 0.3) is 0 Å². The van der Waals surface area contributed by atoms with Crippen molar-refractivity contribution in [2.24, 2.45) is 0 Å². The first-order valence-electron chi connectivity index (χ1n) is 5.52. The zero-order chi connectivity index (χ0) is 11.1. The molecule has 1 aromatic carbocycles. The molecular weight excluding hydrogens is 184 g/mol. The molecule has 0 amide bonds. The Kier molecular flexibility index (Phi) is 4.82. The van der Waals surface area contributed by atoms with Gasteiger partial charge in [0, 0.05) is 0 Å². The highest BCUT2D eigenvalue weighted by Gasteiger charge is 1.98. The maximum Gasteiger partial charge on any atom is 0.145 e. The average molecular weight is 202 g/mol. The fourth-order valence-electron chi connectivity index (χ4n) is 1.62. The van der Waals surface area contributed by atoms with Gasteiger partial charge in [-0.1, -0.05) is 44.2 Å². The molecule has 0 aromatic heterocycles. The summed E-state index contributed by atoms with van der Waals surface area (Å²) in [6.45, 7) is 4.16. The number of aldehydes is 1. The Labute approximate surface area is 91.8 Å². The van der Waals surface area contributed by atoms with E-state index >= 15 is 0 Å². The van der Waals surface area contributed by atoms with Gasteiger partial charge in [0.15, 0.2) is 0 Å². The number of allylic oxidation sites excluding steroid dienone is 2. The number of carbonyl (C=O) groups is 1. The van der Waals surface area contributed by atoms with Crippen LogP contribution in [0.15, 0.2) is 35.9 Å². The van der Waals surface area contributed by atoms with Crippen molar-refractivity contribution in [1.29, 1.82) is 0 Å². The third kappa shape index (κ3) is 3.35. The lowest BCUT2D eigenvalue weighted by Crippen LogP contribution is -1.92. The highest BCUT2D eigenvalue weighted by atomic mass is 16.1. The molecule has 1 nitrogen and oxygen atoms in total. The molecule has 0 unspecified atom stereocenters. The minimum Gasteiger partial charge on any atom is -0.298 e. The monoisotopic (exact) mass is 202 g/mol. The second kappa shape index (κ2) is 6.18. The van der Waals surface area contributed by atoms with Crippen LogP contribution in [0, 0.1) is 0 Å². The van der Waals surface area contributed by atoms with Crippen molar-refractivity contribution in [3.63, 3.8) is 0 Å². The van der Waals surface area contributed by atoms with Gasteiger partial charge >= 0.3 is 0 Å². The van der Waals surface area contributed by atoms with Gasteiger partial charge in [-0.05, 0) is 36.0 Å². The molecular formula is C14H18O. The summed E-state index contributed by atoms with van der Waals surface area (Å²) in [7, 11) is 0. The van der Waals surface area contributed by atoms with E-state index in [2.05, 4.69) is 31.2 Å². The number of rotatable bonds is 5. The van der Waals surface area contributed by atoms with Crippen LogP contribution in [0.5, 0.6) is 0 Å². The summed E-state index contributed by atoms with van der Waals surface area (Å²) in [5, 5.41) is 0. The van der Waals surface area contributed by atoms with Crippen molar-refractivity contribution < 1.29 is 4.79 Å². The molecule has 0 atom stereocenters. The first-order valence-corrected chi connectivity index (χ1v) is 5.52. The predicted molar refractivity (Wildman–Crippen MR) is 64.0 cm³/mol. The minimum atomic E-state index is 0.817. The minimum absolute atomic E-state index is 0.817. The lowest BCUT2D eigenvalue weighted by Gasteiger charge is -2.04. The van der Waals surface area contributed by atoms with Crippen LogP contribution in [0.2, 0.25) is 0 Å². The first kappa shape index (κ1) is 11.7. The van der Waals surface area contributed by atoms with Gasteiger partial charge in [0.2, 0.25) is 0 Å². The molecule has 0 radical (unpaired) electrons. The first-order chi connectivity index (χ1) is 7.31. The Hall–Kier alpha value is -1.37. The summed E-state index contributed by atoms with van der Waals surface area (Å²) in [5.41, 5.74) is 3.59. The average Bonchev–Trinajstić information content (AvgIpc) is 2.31. The van der Waals surface area contributed by atoms with Crippen LogP contribution in [0.3, 0.4) is 0 Å². The van der Waals surface area contributed by atoms with Crippen molar-refractivity contribution >= 4 is 6.29 Å². The summed E-state index contributed by atoms with van der Waals surface area (Å²) in [4.78, 5) is 10.6. The molecule has 80 valence electrons. The standard InChI is InChI=1S/C14H18O/c1-3-12(11-15)9-10-14-8-6-5-7-13(14)4-2/h5-9,11H,3-4,10H2,1-2H3/b12-9+. The molecule has 1 rings (SSSR count). The lowest BCUT2D eigenvalue weighted by molar-refractivity contribution is -0.105. The Morgan fingerprint density at radius 2 is 1.87 bits per heavy atom. The Balaban J connectivity index is 2.80. The molecule has 0 aliphatic rings. The van der Waals surface area contributed by atoms with E-state index < -0.39 is 0 Å². The lowest BCUT2D eigenvalue weighted by atomic mass is 10.0. The number of carbonyl (C=O) groups excluding carboxylic acids is 1. The normalized spacial score (nSPS) is 11.5. The van der Waals surface area contributed by atoms with Gasteiger partial charge in [-0.25, -0.2) is 0 Å². The molecule has 15 heavy (non-hydrogen) atoms. The Bertz CT molecular complexity index is 350. The van der Waals surface area contributed by atoms with E-state index in [0.29, 0.717) is 0 Å². The van der Waals surface area contributed by atoms with Crippen LogP contribution in [0.1, 0.15) is 31.4 Å². The van der Waals surface area contributed by atoms with E-state index in [9.17, 15) is 4.79 Å². The predicted octanol–water partition coefficient (Wildman–Crippen LogP) is 3.33. The summed E-state index contributed by atoms with van der Waals surface area (Å²) < 4.78 is 0. The molecule has 0 saturated heterocycles. The number of aryl methyl sites for hydroxylation is 1. The van der Waals surface area contributed by atoms with E-state index in [4.69, 9.17) is 0 Å². The van der Waals surface area contributed by atoms with Gasteiger partial charge in [-0.15, -0.1) is 0 Å². The highest BCUT2D eigenvalue weighted by molar-refractivity contribution is 5.72. The van der Waals surface area contributed by atoms with Crippen LogP contribution in [0.4, 0.5) is 0 Å². The largest absolute Gasteiger partial charge is 0.298 e. The molecule has 0 aliphatic heterocycles. The summed E-state index contributed by atoms with van der Waals surface area (Å²) in [6.07, 6.45) is 5.71. The molecule has 0 bridgehead atoms. The molecule has 0 saturated carbocycles. The van der Waals surface area contributed by atoms with Crippen molar-refractivity contribution in [3.8, 4) is 0 Å². The third-order valence-electron chi connectivity index (χ3n) is 2.64. The van der Waals surface area contributed by atoms with E-state index in [1.807, 2.05) is 13.0 Å². The van der Waals surface area contributed by atoms with Gasteiger partial charge in [-0.2, -0.15) is 0 Å². The van der Waals surface area contributed by atoms with Crippen molar-refractivity contribution in [1.82, 2.24) is 0 Å². The highest BCUT2D eigenvalue weighted by Crippen LogP contribution is 2.11. The number of benzene rings is 1. The van der Waals surface area contributed by atoms with E-state index in [1.54, 1.807) is 0 Å². The zero-order valence-electron chi connectivity index (χ0n) is 9.49. The molecule has 1 heteroatoms. The second-order valence-corrected chi connectivity index (χ2v) is 3.58. The van der Waals surface area contributed by atoms with Gasteiger partial charge in [0.1, 0.15) is 6.29 Å². The molecule has 0 N–H and O–H groups in total. The van der Waals surface area contributed by atoms with Crippen molar-refractivity contribution in [3.05, 3.63) is 47.0 Å². The summed E-state index contributed by atoms with van der Waals surface area (Å²) in [5.74, 6) is 0. The van der Waals surface area contributed by atoms with Gasteiger partial charge in [-0.3, -0.25) is 4.79 Å². The van der Waals surface area contributed by atoms with Crippen LogP contribution >= 0.6 is 0 Å². The van der Waals surface area contributed by atoms with Gasteiger partial charge in [0.05, 0.1) is 0 Å². The molecule has 0 spiro atoms. The molecule has 0 heterocycles. The smallest absolute Gasteiger partial charge is 0.145 e. The summed E-state index contributed by atoms with van der Waals surface area (Å²) >= 11 is 0. The van der Waals surface area contributed by atoms with Crippen molar-refractivity contribution in [2.75, 3.05) is 0 Å². The zero-order valence-corrected chi connectivity index (χ0v) is 9.49. The third-order valence-corrected chi connectivity index (χ3v) is 2.64. The second-order valence-electron chi connectivity index (χ2n) is 3.58. The number of hydrogen-bond acceptors (Lipinski definition) is 1. The van der Waals surface area contributed by atoms with E-state index in [-0.39, 0.29) is 0 Å². The topological polar surface area (TPSA) is 17.1 Å². The van der Waals surface area contributed by atoms with Crippen LogP contribution < -0.4 is 0 Å². The molecule has 0 aliphatic carbocycles. The maximum absolute atomic E-state index is 10.6. The molecule has 0 fully saturated rings. The Morgan fingerprint density at radius 3 is 2.40 bits per heavy atom. The fraction of sp³-hybridized carbons (Fsp3) is 0.357. The summed E-state index contributed by atoms with van der Waals surface area (Å²) in [6, 6.07) is 8.39. The maximum atomic E-state index is 10.6. The fourth-order valence-corrected chi connectivity index (χ4v) is 1.62. The van der Waals surface area contributed by atoms with Crippen LogP contribution in [-0.4, -0.2) is 6.29 Å².